The summed E-state index contributed by atoms with van der Waals surface area (Å²) in [5, 5.41) is 2.88. The Morgan fingerprint density at radius 2 is 1.61 bits per heavy atom. The van der Waals surface area contributed by atoms with Gasteiger partial charge in [-0.1, -0.05) is 61.8 Å². The maximum atomic E-state index is 13.8. The summed E-state index contributed by atoms with van der Waals surface area (Å²) in [5.74, 6) is -0.344. The summed E-state index contributed by atoms with van der Waals surface area (Å²) in [7, 11) is 5.06. The molecule has 3 N–H and O–H groups in total. The molecule has 0 aromatic rings. The van der Waals surface area contributed by atoms with Crippen molar-refractivity contribution in [2.75, 3.05) is 27.8 Å². The first kappa shape index (κ1) is 34.3. The van der Waals surface area contributed by atoms with Gasteiger partial charge in [0.05, 0.1) is 36.8 Å². The molecule has 1 heterocycles. The molecule has 9 nitrogen and oxygen atoms in total. The fraction of sp³-hybridized carbons (Fsp3) is 0.897. The summed E-state index contributed by atoms with van der Waals surface area (Å²) in [6.07, 6.45) is 2.33. The van der Waals surface area contributed by atoms with Crippen LogP contribution in [0.2, 0.25) is 0 Å². The number of hydrogen-bond donors (Lipinski definition) is 2. The highest BCUT2D eigenvalue weighted by molar-refractivity contribution is 5.90. The lowest BCUT2D eigenvalue weighted by Gasteiger charge is -2.41. The van der Waals surface area contributed by atoms with Crippen LogP contribution in [0.15, 0.2) is 0 Å². The van der Waals surface area contributed by atoms with E-state index in [4.69, 9.17) is 15.2 Å². The third-order valence-corrected chi connectivity index (χ3v) is 8.26. The Morgan fingerprint density at radius 3 is 2.05 bits per heavy atom. The van der Waals surface area contributed by atoms with Gasteiger partial charge in [0.2, 0.25) is 17.7 Å². The average Bonchev–Trinajstić information content (AvgIpc) is 3.34. The van der Waals surface area contributed by atoms with Gasteiger partial charge >= 0.3 is 0 Å². The average molecular weight is 541 g/mol. The summed E-state index contributed by atoms with van der Waals surface area (Å²) in [6.45, 7) is 16.6. The lowest BCUT2D eigenvalue weighted by atomic mass is 9.89. The summed E-state index contributed by atoms with van der Waals surface area (Å²) in [5.41, 5.74) is 6.05. The molecule has 0 radical (unpaired) electrons. The van der Waals surface area contributed by atoms with Crippen molar-refractivity contribution < 1.29 is 23.9 Å². The lowest BCUT2D eigenvalue weighted by molar-refractivity contribution is -0.147. The standard InChI is InChI=1S/C29H56N4O5/c1-12-20(8)26(32(9)29(36)25(18(4)5)31-28(35)24(30)17(2)3)22(37-10)16-23(34)33-15-13-14-21(33)27(38-11)19(6)7/h17-22,24-27H,12-16,30H2,1-11H3,(H,31,35). The quantitative estimate of drug-likeness (QED) is 0.330. The van der Waals surface area contributed by atoms with Crippen LogP contribution >= 0.6 is 0 Å². The number of hydrogen-bond acceptors (Lipinski definition) is 6. The van der Waals surface area contributed by atoms with E-state index < -0.39 is 18.2 Å². The van der Waals surface area contributed by atoms with E-state index in [-0.39, 0.29) is 60.1 Å². The smallest absolute Gasteiger partial charge is 0.245 e. The molecule has 38 heavy (non-hydrogen) atoms. The normalized spacial score (nSPS) is 20.8. The number of methoxy groups -OCH3 is 2. The van der Waals surface area contributed by atoms with Crippen LogP contribution in [0.4, 0.5) is 0 Å². The van der Waals surface area contributed by atoms with Gasteiger partial charge in [-0.3, -0.25) is 14.4 Å². The molecule has 0 saturated carbocycles. The molecule has 1 rings (SSSR count). The molecule has 1 aliphatic heterocycles. The Labute approximate surface area is 231 Å². The number of ether oxygens (including phenoxy) is 2. The Kier molecular flexibility index (Phi) is 14.2. The molecule has 3 amide bonds. The number of carbonyl (C=O) groups excluding carboxylic acids is 3. The van der Waals surface area contributed by atoms with Gasteiger partial charge < -0.3 is 30.3 Å². The van der Waals surface area contributed by atoms with Crippen LogP contribution in [0, 0.1) is 23.7 Å². The van der Waals surface area contributed by atoms with Crippen molar-refractivity contribution >= 4 is 17.7 Å². The van der Waals surface area contributed by atoms with Crippen molar-refractivity contribution in [3.63, 3.8) is 0 Å². The van der Waals surface area contributed by atoms with Crippen LogP contribution in [0.3, 0.4) is 0 Å². The Morgan fingerprint density at radius 1 is 1.00 bits per heavy atom. The van der Waals surface area contributed by atoms with Crippen molar-refractivity contribution in [1.82, 2.24) is 15.1 Å². The minimum Gasteiger partial charge on any atom is -0.379 e. The van der Waals surface area contributed by atoms with Gasteiger partial charge in [-0.25, -0.2) is 0 Å². The van der Waals surface area contributed by atoms with E-state index in [1.165, 1.54) is 0 Å². The molecule has 1 saturated heterocycles. The van der Waals surface area contributed by atoms with Gasteiger partial charge in [0, 0.05) is 27.8 Å². The van der Waals surface area contributed by atoms with Crippen molar-refractivity contribution in [2.24, 2.45) is 29.4 Å². The van der Waals surface area contributed by atoms with E-state index in [2.05, 4.69) is 33.0 Å². The second kappa shape index (κ2) is 15.8. The van der Waals surface area contributed by atoms with Crippen LogP contribution < -0.4 is 11.1 Å². The lowest BCUT2D eigenvalue weighted by Crippen LogP contribution is -2.59. The molecule has 222 valence electrons. The minimum absolute atomic E-state index is 0.0211. The number of nitrogens with one attached hydrogen (secondary N) is 1. The predicted molar refractivity (Wildman–Crippen MR) is 151 cm³/mol. The van der Waals surface area contributed by atoms with E-state index >= 15 is 0 Å². The number of likely N-dealkylation sites (N-methyl/N-ethyl adjacent to an activating group) is 1. The van der Waals surface area contributed by atoms with Crippen LogP contribution in [0.1, 0.15) is 81.1 Å². The Hall–Kier alpha value is -1.71. The first-order valence-electron chi connectivity index (χ1n) is 14.4. The van der Waals surface area contributed by atoms with Gasteiger partial charge in [0.1, 0.15) is 6.04 Å². The summed E-state index contributed by atoms with van der Waals surface area (Å²) >= 11 is 0. The molecular formula is C29H56N4O5. The largest absolute Gasteiger partial charge is 0.379 e. The van der Waals surface area contributed by atoms with Crippen LogP contribution in [-0.4, -0.2) is 91.7 Å². The second-order valence-electron chi connectivity index (χ2n) is 12.0. The number of nitrogens with two attached hydrogens (primary N) is 1. The molecule has 0 aromatic carbocycles. The zero-order valence-corrected chi connectivity index (χ0v) is 25.8. The highest BCUT2D eigenvalue weighted by Gasteiger charge is 2.41. The third kappa shape index (κ3) is 8.65. The zero-order chi connectivity index (χ0) is 29.3. The maximum Gasteiger partial charge on any atom is 0.245 e. The first-order valence-corrected chi connectivity index (χ1v) is 14.4. The zero-order valence-electron chi connectivity index (χ0n) is 25.8. The minimum atomic E-state index is -0.728. The number of rotatable bonds is 15. The molecular weight excluding hydrogens is 484 g/mol. The molecule has 0 spiro atoms. The molecule has 7 unspecified atom stereocenters. The molecule has 0 aliphatic carbocycles. The number of nitrogens with zero attached hydrogens (tertiary/aromatic N) is 2. The van der Waals surface area contributed by atoms with Crippen molar-refractivity contribution in [1.29, 1.82) is 0 Å². The molecule has 0 bridgehead atoms. The topological polar surface area (TPSA) is 114 Å². The number of carbonyl (C=O) groups is 3. The number of likely N-dealkylation sites (tertiary alicyclic amines) is 1. The first-order chi connectivity index (χ1) is 17.7. The molecule has 0 aromatic heterocycles. The summed E-state index contributed by atoms with van der Waals surface area (Å²) < 4.78 is 11.7. The number of amides is 3. The molecule has 1 aliphatic rings. The van der Waals surface area contributed by atoms with E-state index in [9.17, 15) is 14.4 Å². The van der Waals surface area contributed by atoms with E-state index in [0.717, 1.165) is 19.3 Å². The highest BCUT2D eigenvalue weighted by atomic mass is 16.5. The van der Waals surface area contributed by atoms with Gasteiger partial charge in [0.25, 0.3) is 0 Å². The maximum absolute atomic E-state index is 13.8. The SMILES string of the molecule is CCC(C)C(C(CC(=O)N1CCCC1C(OC)C(C)C)OC)N(C)C(=O)C(NC(=O)C(N)C(C)C)C(C)C. The second-order valence-corrected chi connectivity index (χ2v) is 12.0. The monoisotopic (exact) mass is 540 g/mol. The van der Waals surface area contributed by atoms with Crippen LogP contribution in [0.5, 0.6) is 0 Å². The van der Waals surface area contributed by atoms with Crippen molar-refractivity contribution in [2.45, 2.75) is 117 Å². The van der Waals surface area contributed by atoms with Gasteiger partial charge in [0.15, 0.2) is 0 Å². The molecule has 9 heteroatoms. The fourth-order valence-electron chi connectivity index (χ4n) is 5.62. The van der Waals surface area contributed by atoms with Crippen LogP contribution in [0.25, 0.3) is 0 Å². The van der Waals surface area contributed by atoms with Gasteiger partial charge in [-0.05, 0) is 36.5 Å². The fourth-order valence-corrected chi connectivity index (χ4v) is 5.62. The summed E-state index contributed by atoms with van der Waals surface area (Å²) in [4.78, 5) is 43.8. The van der Waals surface area contributed by atoms with Crippen LogP contribution in [-0.2, 0) is 23.9 Å². The molecule has 7 atom stereocenters. The highest BCUT2D eigenvalue weighted by Crippen LogP contribution is 2.29. The van der Waals surface area contributed by atoms with Crippen molar-refractivity contribution in [3.05, 3.63) is 0 Å². The summed E-state index contributed by atoms with van der Waals surface area (Å²) in [6, 6.07) is -1.73. The van der Waals surface area contributed by atoms with E-state index in [1.807, 2.05) is 32.6 Å². The predicted octanol–water partition coefficient (Wildman–Crippen LogP) is 3.05. The van der Waals surface area contributed by atoms with Gasteiger partial charge in [-0.2, -0.15) is 0 Å². The Balaban J connectivity index is 3.18. The van der Waals surface area contributed by atoms with E-state index in [1.54, 1.807) is 26.2 Å². The van der Waals surface area contributed by atoms with Crippen molar-refractivity contribution in [3.8, 4) is 0 Å². The van der Waals surface area contributed by atoms with E-state index in [0.29, 0.717) is 12.5 Å². The third-order valence-electron chi connectivity index (χ3n) is 8.26. The Bertz CT molecular complexity index is 759. The molecule has 1 fully saturated rings. The van der Waals surface area contributed by atoms with Gasteiger partial charge in [-0.15, -0.1) is 0 Å².